The van der Waals surface area contributed by atoms with Gasteiger partial charge in [-0.1, -0.05) is 71.3 Å². The van der Waals surface area contributed by atoms with Crippen LogP contribution in [-0.4, -0.2) is 0 Å². The summed E-state index contributed by atoms with van der Waals surface area (Å²) in [6.07, 6.45) is 0. The van der Waals surface area contributed by atoms with Gasteiger partial charge in [0.2, 0.25) is 0 Å². The van der Waals surface area contributed by atoms with Gasteiger partial charge in [-0.05, 0) is 48.5 Å². The average molecular weight is 493 g/mol. The summed E-state index contributed by atoms with van der Waals surface area (Å²) in [7, 11) is 0. The summed E-state index contributed by atoms with van der Waals surface area (Å²) in [6, 6.07) is 24.2. The van der Waals surface area contributed by atoms with E-state index in [9.17, 15) is 0 Å². The third kappa shape index (κ3) is 3.99. The van der Waals surface area contributed by atoms with Crippen molar-refractivity contribution in [2.45, 2.75) is 39.2 Å². The number of benzene rings is 4. The number of rotatable bonds is 0. The van der Waals surface area contributed by atoms with Crippen molar-refractivity contribution < 1.29 is 0 Å². The molecule has 1 heterocycles. The van der Waals surface area contributed by atoms with E-state index in [1.165, 1.54) is 0 Å². The Bertz CT molecular complexity index is 1050. The van der Waals surface area contributed by atoms with Gasteiger partial charge in [0.1, 0.15) is 0 Å². The number of fused-ring (bicyclic) bond motifs is 8. The van der Waals surface area contributed by atoms with Gasteiger partial charge in [-0.25, -0.2) is 0 Å². The minimum Gasteiger partial charge on any atom is -0.397 e. The Labute approximate surface area is 203 Å². The first kappa shape index (κ1) is 21.3. The third-order valence-corrected chi connectivity index (χ3v) is 9.59. The van der Waals surface area contributed by atoms with Crippen molar-refractivity contribution in [3.05, 3.63) is 72.8 Å². The molecule has 32 heavy (non-hydrogen) atoms. The summed E-state index contributed by atoms with van der Waals surface area (Å²) in [6.45, 7) is 0. The molecule has 8 heteroatoms. The standard InChI is InChI=1S/C24H20N4S4/c25-21-13-5-1-6-14(21)30-16-8-3-10-18(23(16)27)32-20-12-4-11-19(24(20)28)31-17-9-2-7-15(29-13)22(17)26/h1-12H,25-28H2. The van der Waals surface area contributed by atoms with Crippen LogP contribution >= 0.6 is 47.0 Å². The second-order valence-corrected chi connectivity index (χ2v) is 11.4. The molecule has 0 amide bonds. The highest BCUT2D eigenvalue weighted by Gasteiger charge is 2.17. The molecule has 0 saturated heterocycles. The molecule has 0 unspecified atom stereocenters. The molecule has 0 aromatic heterocycles. The van der Waals surface area contributed by atoms with E-state index < -0.39 is 0 Å². The van der Waals surface area contributed by atoms with Crippen molar-refractivity contribution in [3.63, 3.8) is 0 Å². The zero-order chi connectivity index (χ0) is 22.2. The smallest absolute Gasteiger partial charge is 0.0597 e. The Hall–Kier alpha value is -2.52. The van der Waals surface area contributed by atoms with Crippen LogP contribution in [0.5, 0.6) is 0 Å². The molecular formula is C24H20N4S4. The first-order valence-electron chi connectivity index (χ1n) is 9.76. The molecule has 5 rings (SSSR count). The maximum Gasteiger partial charge on any atom is 0.0597 e. The summed E-state index contributed by atoms with van der Waals surface area (Å²) in [5, 5.41) is 0. The topological polar surface area (TPSA) is 104 Å². The van der Waals surface area contributed by atoms with Gasteiger partial charge in [0.05, 0.1) is 22.7 Å². The monoisotopic (exact) mass is 492 g/mol. The quantitative estimate of drug-likeness (QED) is 0.172. The summed E-state index contributed by atoms with van der Waals surface area (Å²) in [4.78, 5) is 7.68. The van der Waals surface area contributed by atoms with Crippen LogP contribution in [0, 0.1) is 0 Å². The second kappa shape index (κ2) is 8.78. The van der Waals surface area contributed by atoms with Gasteiger partial charge < -0.3 is 22.9 Å². The van der Waals surface area contributed by atoms with Crippen LogP contribution in [0.1, 0.15) is 0 Å². The Morgan fingerprint density at radius 2 is 0.469 bits per heavy atom. The molecule has 4 aromatic carbocycles. The largest absolute Gasteiger partial charge is 0.397 e. The van der Waals surface area contributed by atoms with Crippen LogP contribution in [0.25, 0.3) is 0 Å². The molecule has 0 fully saturated rings. The van der Waals surface area contributed by atoms with Gasteiger partial charge in [0.25, 0.3) is 0 Å². The van der Waals surface area contributed by atoms with E-state index in [-0.39, 0.29) is 0 Å². The molecule has 0 radical (unpaired) electrons. The van der Waals surface area contributed by atoms with E-state index in [2.05, 4.69) is 0 Å². The molecule has 4 nitrogen and oxygen atoms in total. The van der Waals surface area contributed by atoms with Gasteiger partial charge in [0.15, 0.2) is 0 Å². The lowest BCUT2D eigenvalue weighted by molar-refractivity contribution is 1.27. The normalized spacial score (nSPS) is 13.0. The van der Waals surface area contributed by atoms with E-state index in [1.54, 1.807) is 47.0 Å². The first-order valence-corrected chi connectivity index (χ1v) is 13.0. The fourth-order valence-corrected chi connectivity index (χ4v) is 7.42. The highest BCUT2D eigenvalue weighted by Crippen LogP contribution is 2.48. The lowest BCUT2D eigenvalue weighted by Gasteiger charge is -2.17. The maximum atomic E-state index is 6.57. The number of nitrogen functional groups attached to an aromatic ring is 4. The predicted octanol–water partition coefficient (Wildman–Crippen LogP) is 6.93. The Morgan fingerprint density at radius 1 is 0.312 bits per heavy atom. The summed E-state index contributed by atoms with van der Waals surface area (Å²) >= 11 is 6.28. The minimum absolute atomic E-state index is 0.721. The van der Waals surface area contributed by atoms with Gasteiger partial charge in [-0.2, -0.15) is 0 Å². The van der Waals surface area contributed by atoms with Crippen molar-refractivity contribution in [1.82, 2.24) is 0 Å². The first-order chi connectivity index (χ1) is 15.5. The zero-order valence-corrected chi connectivity index (χ0v) is 20.1. The third-order valence-electron chi connectivity index (χ3n) is 4.98. The molecule has 8 N–H and O–H groups in total. The van der Waals surface area contributed by atoms with Crippen LogP contribution in [0.2, 0.25) is 0 Å². The molecular weight excluding hydrogens is 473 g/mol. The lowest BCUT2D eigenvalue weighted by Crippen LogP contribution is -1.98. The van der Waals surface area contributed by atoms with E-state index >= 15 is 0 Å². The summed E-state index contributed by atoms with van der Waals surface area (Å²) < 4.78 is 0. The van der Waals surface area contributed by atoms with Gasteiger partial charge in [-0.3, -0.25) is 0 Å². The van der Waals surface area contributed by atoms with E-state index in [1.807, 2.05) is 72.8 Å². The molecule has 1 aliphatic rings. The van der Waals surface area contributed by atoms with Gasteiger partial charge >= 0.3 is 0 Å². The molecule has 4 aromatic rings. The highest BCUT2D eigenvalue weighted by atomic mass is 32.2. The molecule has 0 atom stereocenters. The van der Waals surface area contributed by atoms with Crippen molar-refractivity contribution >= 4 is 69.8 Å². The van der Waals surface area contributed by atoms with Crippen LogP contribution < -0.4 is 22.9 Å². The number of hydrogen-bond donors (Lipinski definition) is 4. The SMILES string of the molecule is Nc1c2cccc1Sc1cccc(c1N)Sc1cccc(c1N)Sc1cccc(c1N)S2. The van der Waals surface area contributed by atoms with Crippen molar-refractivity contribution in [2.75, 3.05) is 22.9 Å². The fourth-order valence-electron chi connectivity index (χ4n) is 3.28. The fraction of sp³-hybridized carbons (Fsp3) is 0. The highest BCUT2D eigenvalue weighted by molar-refractivity contribution is 8.01. The molecule has 8 bridgehead atoms. The number of nitrogens with two attached hydrogens (primary N) is 4. The Morgan fingerprint density at radius 3 is 0.625 bits per heavy atom. The summed E-state index contributed by atoms with van der Waals surface area (Å²) in [5.41, 5.74) is 29.2. The Balaban J connectivity index is 1.71. The Kier molecular flexibility index (Phi) is 5.86. The number of anilines is 4. The number of hydrogen-bond acceptors (Lipinski definition) is 8. The van der Waals surface area contributed by atoms with Crippen molar-refractivity contribution in [1.29, 1.82) is 0 Å². The molecule has 1 aliphatic heterocycles. The number of para-hydroxylation sites is 4. The van der Waals surface area contributed by atoms with E-state index in [4.69, 9.17) is 22.9 Å². The van der Waals surface area contributed by atoms with Crippen molar-refractivity contribution in [2.24, 2.45) is 0 Å². The minimum atomic E-state index is 0.721. The van der Waals surface area contributed by atoms with Gasteiger partial charge in [-0.15, -0.1) is 0 Å². The van der Waals surface area contributed by atoms with Crippen LogP contribution in [0.3, 0.4) is 0 Å². The zero-order valence-electron chi connectivity index (χ0n) is 16.9. The molecule has 0 saturated carbocycles. The average Bonchev–Trinajstić information content (AvgIpc) is 2.78. The summed E-state index contributed by atoms with van der Waals surface area (Å²) in [5.74, 6) is 0. The van der Waals surface area contributed by atoms with Crippen molar-refractivity contribution in [3.8, 4) is 0 Å². The maximum absolute atomic E-state index is 6.57. The molecule has 0 aliphatic carbocycles. The molecule has 160 valence electrons. The van der Waals surface area contributed by atoms with Crippen LogP contribution in [0.4, 0.5) is 22.7 Å². The van der Waals surface area contributed by atoms with Crippen LogP contribution in [0.15, 0.2) is 112 Å². The van der Waals surface area contributed by atoms with E-state index in [0.29, 0.717) is 0 Å². The molecule has 0 spiro atoms. The lowest BCUT2D eigenvalue weighted by atomic mass is 10.3. The predicted molar refractivity (Wildman–Crippen MR) is 140 cm³/mol. The van der Waals surface area contributed by atoms with Gasteiger partial charge in [0, 0.05) is 39.2 Å². The second-order valence-electron chi connectivity index (χ2n) is 7.08. The van der Waals surface area contributed by atoms with E-state index in [0.717, 1.165) is 61.9 Å². The van der Waals surface area contributed by atoms with Crippen LogP contribution in [-0.2, 0) is 0 Å².